The molecular weight excluding hydrogens is 386 g/mol. The summed E-state index contributed by atoms with van der Waals surface area (Å²) in [5.74, 6) is 0.0665. The van der Waals surface area contributed by atoms with Gasteiger partial charge in [-0.1, -0.05) is 56.2 Å². The van der Waals surface area contributed by atoms with E-state index in [0.29, 0.717) is 24.3 Å². The zero-order chi connectivity index (χ0) is 20.9. The third-order valence-electron chi connectivity index (χ3n) is 4.15. The van der Waals surface area contributed by atoms with E-state index in [1.807, 2.05) is 30.3 Å². The van der Waals surface area contributed by atoms with Gasteiger partial charge in [-0.2, -0.15) is 0 Å². The summed E-state index contributed by atoms with van der Waals surface area (Å²) < 4.78 is 5.75. The monoisotopic (exact) mass is 413 g/mol. The van der Waals surface area contributed by atoms with Crippen LogP contribution in [0.1, 0.15) is 48.5 Å². The summed E-state index contributed by atoms with van der Waals surface area (Å²) in [4.78, 5) is 24.0. The van der Waals surface area contributed by atoms with E-state index in [1.54, 1.807) is 24.3 Å². The second-order valence-electron chi connectivity index (χ2n) is 6.53. The molecule has 2 rings (SSSR count). The highest BCUT2D eigenvalue weighted by Crippen LogP contribution is 2.14. The number of unbranched alkanes of at least 4 members (excludes halogenated alkanes) is 2. The van der Waals surface area contributed by atoms with Gasteiger partial charge in [0, 0.05) is 18.4 Å². The highest BCUT2D eigenvalue weighted by Gasteiger charge is 2.10. The Bertz CT molecular complexity index is 812. The molecular formula is C22H27N3O3S. The van der Waals surface area contributed by atoms with Gasteiger partial charge in [0.2, 0.25) is 5.91 Å². The van der Waals surface area contributed by atoms with Gasteiger partial charge in [-0.05, 0) is 42.4 Å². The van der Waals surface area contributed by atoms with Gasteiger partial charge in [-0.25, -0.2) is 0 Å². The second-order valence-corrected chi connectivity index (χ2v) is 6.93. The molecule has 0 atom stereocenters. The molecule has 0 aromatic heterocycles. The van der Waals surface area contributed by atoms with Gasteiger partial charge in [-0.3, -0.25) is 25.8 Å². The van der Waals surface area contributed by atoms with Crippen molar-refractivity contribution in [2.24, 2.45) is 0 Å². The van der Waals surface area contributed by atoms with Crippen LogP contribution in [0, 0.1) is 0 Å². The van der Waals surface area contributed by atoms with E-state index in [9.17, 15) is 9.59 Å². The molecule has 7 heteroatoms. The van der Waals surface area contributed by atoms with Crippen molar-refractivity contribution >= 4 is 29.1 Å². The molecule has 3 N–H and O–H groups in total. The smallest absolute Gasteiger partial charge is 0.257 e. The van der Waals surface area contributed by atoms with E-state index in [2.05, 4.69) is 23.1 Å². The highest BCUT2D eigenvalue weighted by molar-refractivity contribution is 7.80. The number of carbonyl (C=O) groups excluding carboxylic acids is 2. The fraction of sp³-hybridized carbons (Fsp3) is 0.318. The number of carbonyl (C=O) groups is 2. The molecule has 0 saturated heterocycles. The lowest BCUT2D eigenvalue weighted by Gasteiger charge is -2.11. The highest BCUT2D eigenvalue weighted by atomic mass is 32.1. The quantitative estimate of drug-likeness (QED) is 0.333. The molecule has 2 aromatic carbocycles. The predicted octanol–water partition coefficient (Wildman–Crippen LogP) is 3.52. The number of thiocarbonyl (C=S) groups is 1. The van der Waals surface area contributed by atoms with Crippen molar-refractivity contribution in [1.29, 1.82) is 0 Å². The number of hydrogen-bond donors (Lipinski definition) is 3. The Morgan fingerprint density at radius 2 is 1.79 bits per heavy atom. The maximum Gasteiger partial charge on any atom is 0.257 e. The molecule has 0 aliphatic rings. The second kappa shape index (κ2) is 12.5. The van der Waals surface area contributed by atoms with E-state index in [1.165, 1.54) is 5.56 Å². The van der Waals surface area contributed by atoms with Crippen molar-refractivity contribution in [3.8, 4) is 5.75 Å². The van der Waals surface area contributed by atoms with Crippen LogP contribution < -0.4 is 20.9 Å². The fourth-order valence-corrected chi connectivity index (χ4v) is 2.73. The molecule has 2 amide bonds. The number of ether oxygens (including phenoxy) is 1. The lowest BCUT2D eigenvalue weighted by molar-refractivity contribution is -0.121. The molecule has 0 fully saturated rings. The Morgan fingerprint density at radius 3 is 2.55 bits per heavy atom. The molecule has 0 saturated carbocycles. The molecule has 29 heavy (non-hydrogen) atoms. The molecule has 0 bridgehead atoms. The van der Waals surface area contributed by atoms with Crippen molar-refractivity contribution < 1.29 is 14.3 Å². The number of nitrogens with one attached hydrogen (secondary N) is 3. The van der Waals surface area contributed by atoms with Crippen LogP contribution in [-0.4, -0.2) is 23.5 Å². The van der Waals surface area contributed by atoms with Crippen molar-refractivity contribution in [3.05, 3.63) is 65.7 Å². The summed E-state index contributed by atoms with van der Waals surface area (Å²) in [7, 11) is 0. The lowest BCUT2D eigenvalue weighted by atomic mass is 10.2. The van der Waals surface area contributed by atoms with Gasteiger partial charge in [0.25, 0.3) is 5.91 Å². The van der Waals surface area contributed by atoms with Crippen LogP contribution in [-0.2, 0) is 11.2 Å². The predicted molar refractivity (Wildman–Crippen MR) is 118 cm³/mol. The topological polar surface area (TPSA) is 79.5 Å². The Hall–Kier alpha value is -2.93. The number of rotatable bonds is 9. The molecule has 0 radical (unpaired) electrons. The zero-order valence-electron chi connectivity index (χ0n) is 16.6. The molecule has 2 aromatic rings. The van der Waals surface area contributed by atoms with Crippen molar-refractivity contribution in [2.45, 2.75) is 39.0 Å². The SMILES string of the molecule is CCCCCC(=O)NNC(=S)NC(=O)c1cccc(OCCc2ccccc2)c1. The molecule has 0 heterocycles. The minimum Gasteiger partial charge on any atom is -0.493 e. The summed E-state index contributed by atoms with van der Waals surface area (Å²) in [5.41, 5.74) is 6.64. The molecule has 0 unspecified atom stereocenters. The van der Waals surface area contributed by atoms with E-state index in [0.717, 1.165) is 25.7 Å². The van der Waals surface area contributed by atoms with Gasteiger partial charge in [-0.15, -0.1) is 0 Å². The van der Waals surface area contributed by atoms with Crippen LogP contribution in [0.3, 0.4) is 0 Å². The first kappa shape index (κ1) is 22.4. The molecule has 0 aliphatic heterocycles. The van der Waals surface area contributed by atoms with Gasteiger partial charge in [0.05, 0.1) is 6.61 Å². The lowest BCUT2D eigenvalue weighted by Crippen LogP contribution is -2.48. The van der Waals surface area contributed by atoms with E-state index in [4.69, 9.17) is 17.0 Å². The maximum atomic E-state index is 12.4. The van der Waals surface area contributed by atoms with E-state index in [-0.39, 0.29) is 16.9 Å². The largest absolute Gasteiger partial charge is 0.493 e. The van der Waals surface area contributed by atoms with Crippen molar-refractivity contribution in [1.82, 2.24) is 16.2 Å². The van der Waals surface area contributed by atoms with Crippen LogP contribution in [0.2, 0.25) is 0 Å². The summed E-state index contributed by atoms with van der Waals surface area (Å²) in [6, 6.07) is 16.9. The number of benzene rings is 2. The molecule has 154 valence electrons. The minimum absolute atomic E-state index is 0.0363. The summed E-state index contributed by atoms with van der Waals surface area (Å²) in [6.07, 6.45) is 4.06. The summed E-state index contributed by atoms with van der Waals surface area (Å²) in [5, 5.41) is 2.58. The van der Waals surface area contributed by atoms with Crippen LogP contribution in [0.15, 0.2) is 54.6 Å². The summed E-state index contributed by atoms with van der Waals surface area (Å²) >= 11 is 5.05. The third kappa shape index (κ3) is 8.74. The van der Waals surface area contributed by atoms with Crippen LogP contribution in [0.25, 0.3) is 0 Å². The zero-order valence-corrected chi connectivity index (χ0v) is 17.4. The van der Waals surface area contributed by atoms with Crippen LogP contribution in [0.4, 0.5) is 0 Å². The molecule has 0 spiro atoms. The van der Waals surface area contributed by atoms with Gasteiger partial charge < -0.3 is 4.74 Å². The average Bonchev–Trinajstić information content (AvgIpc) is 2.73. The van der Waals surface area contributed by atoms with Crippen molar-refractivity contribution in [3.63, 3.8) is 0 Å². The van der Waals surface area contributed by atoms with E-state index < -0.39 is 0 Å². The first-order valence-electron chi connectivity index (χ1n) is 9.75. The van der Waals surface area contributed by atoms with Gasteiger partial charge in [0.1, 0.15) is 5.75 Å². The van der Waals surface area contributed by atoms with Crippen molar-refractivity contribution in [2.75, 3.05) is 6.61 Å². The Balaban J connectivity index is 1.76. The van der Waals surface area contributed by atoms with Gasteiger partial charge in [0.15, 0.2) is 5.11 Å². The Labute approximate surface area is 177 Å². The normalized spacial score (nSPS) is 10.1. The van der Waals surface area contributed by atoms with Crippen LogP contribution >= 0.6 is 12.2 Å². The Kier molecular flexibility index (Phi) is 9.65. The van der Waals surface area contributed by atoms with Gasteiger partial charge >= 0.3 is 0 Å². The molecule has 0 aliphatic carbocycles. The Morgan fingerprint density at radius 1 is 1.00 bits per heavy atom. The first-order chi connectivity index (χ1) is 14.1. The fourth-order valence-electron chi connectivity index (χ4n) is 2.59. The summed E-state index contributed by atoms with van der Waals surface area (Å²) in [6.45, 7) is 2.59. The average molecular weight is 414 g/mol. The minimum atomic E-state index is -0.378. The number of hydrazine groups is 1. The number of hydrogen-bond acceptors (Lipinski definition) is 4. The van der Waals surface area contributed by atoms with Crippen LogP contribution in [0.5, 0.6) is 5.75 Å². The molecule has 6 nitrogen and oxygen atoms in total. The first-order valence-corrected chi connectivity index (χ1v) is 10.2. The maximum absolute atomic E-state index is 12.4. The third-order valence-corrected chi connectivity index (χ3v) is 4.35. The standard InChI is InChI=1S/C22H27N3O3S/c1-2-3-5-13-20(26)24-25-22(29)23-21(27)18-11-8-12-19(16-18)28-15-14-17-9-6-4-7-10-17/h4,6-12,16H,2-3,5,13-15H2,1H3,(H,24,26)(H2,23,25,27,29). The van der Waals surface area contributed by atoms with E-state index >= 15 is 0 Å². The number of amides is 2.